The number of hydrogen-bond donors (Lipinski definition) is 1. The van der Waals surface area contributed by atoms with Crippen molar-refractivity contribution in [3.63, 3.8) is 0 Å². The zero-order valence-electron chi connectivity index (χ0n) is 12.5. The van der Waals surface area contributed by atoms with E-state index in [0.29, 0.717) is 0 Å². The van der Waals surface area contributed by atoms with Gasteiger partial charge in [0.2, 0.25) is 0 Å². The van der Waals surface area contributed by atoms with E-state index in [0.717, 1.165) is 33.8 Å². The molecule has 1 N–H and O–H groups in total. The maximum Gasteiger partial charge on any atom is 0.122 e. The molecule has 1 aromatic carbocycles. The van der Waals surface area contributed by atoms with Crippen LogP contribution in [0.25, 0.3) is 0 Å². The van der Waals surface area contributed by atoms with E-state index >= 15 is 0 Å². The number of halogens is 1. The molecular weight excluding hydrogens is 350 g/mol. The van der Waals surface area contributed by atoms with Crippen LogP contribution in [0.5, 0.6) is 11.5 Å². The van der Waals surface area contributed by atoms with E-state index in [1.807, 2.05) is 6.07 Å². The van der Waals surface area contributed by atoms with E-state index in [-0.39, 0.29) is 6.04 Å². The SMILES string of the molecule is CCCNC(c1cc(OC)cc(OC)c1)c1ccc(Br)s1. The standard InChI is InChI=1S/C16H20BrNO2S/c1-4-7-18-16(14-5-6-15(17)21-14)11-8-12(19-2)10-13(9-11)20-3/h5-6,8-10,16,18H,4,7H2,1-3H3. The molecule has 114 valence electrons. The Morgan fingerprint density at radius 2 is 1.81 bits per heavy atom. The maximum absolute atomic E-state index is 5.38. The van der Waals surface area contributed by atoms with Gasteiger partial charge in [-0.15, -0.1) is 11.3 Å². The minimum Gasteiger partial charge on any atom is -0.497 e. The van der Waals surface area contributed by atoms with Crippen molar-refractivity contribution in [3.05, 3.63) is 44.6 Å². The Kier molecular flexibility index (Phi) is 6.08. The van der Waals surface area contributed by atoms with Gasteiger partial charge in [-0.3, -0.25) is 0 Å². The lowest BCUT2D eigenvalue weighted by Gasteiger charge is -2.19. The zero-order valence-corrected chi connectivity index (χ0v) is 14.9. The van der Waals surface area contributed by atoms with Gasteiger partial charge in [-0.05, 0) is 58.7 Å². The number of hydrogen-bond acceptors (Lipinski definition) is 4. The summed E-state index contributed by atoms with van der Waals surface area (Å²) < 4.78 is 11.9. The number of ether oxygens (including phenoxy) is 2. The van der Waals surface area contributed by atoms with E-state index in [9.17, 15) is 0 Å². The zero-order chi connectivity index (χ0) is 15.2. The summed E-state index contributed by atoms with van der Waals surface area (Å²) in [4.78, 5) is 1.27. The summed E-state index contributed by atoms with van der Waals surface area (Å²) in [6.45, 7) is 3.13. The molecule has 0 fully saturated rings. The lowest BCUT2D eigenvalue weighted by Crippen LogP contribution is -2.22. The Bertz CT molecular complexity index is 563. The fourth-order valence-electron chi connectivity index (χ4n) is 2.15. The molecule has 0 aliphatic carbocycles. The molecule has 0 saturated carbocycles. The molecule has 1 aromatic heterocycles. The molecule has 3 nitrogen and oxygen atoms in total. The minimum atomic E-state index is 0.144. The third-order valence-electron chi connectivity index (χ3n) is 3.18. The van der Waals surface area contributed by atoms with Crippen molar-refractivity contribution < 1.29 is 9.47 Å². The second-order valence-electron chi connectivity index (χ2n) is 4.68. The summed E-state index contributed by atoms with van der Waals surface area (Å²) in [5, 5.41) is 3.60. The average Bonchev–Trinajstić information content (AvgIpc) is 2.93. The van der Waals surface area contributed by atoms with Crippen LogP contribution in [0.3, 0.4) is 0 Å². The largest absolute Gasteiger partial charge is 0.497 e. The van der Waals surface area contributed by atoms with Crippen molar-refractivity contribution in [3.8, 4) is 11.5 Å². The molecule has 1 unspecified atom stereocenters. The minimum absolute atomic E-state index is 0.144. The van der Waals surface area contributed by atoms with Gasteiger partial charge in [0.25, 0.3) is 0 Å². The first-order valence-electron chi connectivity index (χ1n) is 6.89. The first-order valence-corrected chi connectivity index (χ1v) is 8.50. The lowest BCUT2D eigenvalue weighted by atomic mass is 10.0. The summed E-state index contributed by atoms with van der Waals surface area (Å²) >= 11 is 5.28. The molecule has 0 aliphatic rings. The number of methoxy groups -OCH3 is 2. The third kappa shape index (κ3) is 4.22. The van der Waals surface area contributed by atoms with Crippen LogP contribution in [-0.2, 0) is 0 Å². The topological polar surface area (TPSA) is 30.5 Å². The quantitative estimate of drug-likeness (QED) is 0.772. The van der Waals surface area contributed by atoms with Crippen LogP contribution in [-0.4, -0.2) is 20.8 Å². The van der Waals surface area contributed by atoms with Crippen LogP contribution in [0.15, 0.2) is 34.1 Å². The van der Waals surface area contributed by atoms with Crippen molar-refractivity contribution >= 4 is 27.3 Å². The summed E-state index contributed by atoms with van der Waals surface area (Å²) in [5.74, 6) is 1.62. The maximum atomic E-state index is 5.38. The molecular formula is C16H20BrNO2S. The Hall–Kier alpha value is -1.04. The van der Waals surface area contributed by atoms with E-state index in [4.69, 9.17) is 9.47 Å². The highest BCUT2D eigenvalue weighted by Crippen LogP contribution is 2.34. The van der Waals surface area contributed by atoms with Crippen LogP contribution >= 0.6 is 27.3 Å². The second kappa shape index (κ2) is 7.82. The highest BCUT2D eigenvalue weighted by Gasteiger charge is 2.17. The van der Waals surface area contributed by atoms with Crippen molar-refractivity contribution in [1.29, 1.82) is 0 Å². The summed E-state index contributed by atoms with van der Waals surface area (Å²) in [7, 11) is 3.35. The number of nitrogens with one attached hydrogen (secondary N) is 1. The molecule has 0 spiro atoms. The highest BCUT2D eigenvalue weighted by atomic mass is 79.9. The van der Waals surface area contributed by atoms with Gasteiger partial charge in [-0.2, -0.15) is 0 Å². The normalized spacial score (nSPS) is 12.2. The Labute approximate surface area is 138 Å². The Balaban J connectivity index is 2.40. The van der Waals surface area contributed by atoms with Gasteiger partial charge in [0.15, 0.2) is 0 Å². The summed E-state index contributed by atoms with van der Waals surface area (Å²) in [6.07, 6.45) is 1.09. The highest BCUT2D eigenvalue weighted by molar-refractivity contribution is 9.11. The van der Waals surface area contributed by atoms with Gasteiger partial charge >= 0.3 is 0 Å². The van der Waals surface area contributed by atoms with E-state index in [2.05, 4.69) is 52.4 Å². The first kappa shape index (κ1) is 16.3. The molecule has 0 radical (unpaired) electrons. The van der Waals surface area contributed by atoms with E-state index in [1.165, 1.54) is 4.88 Å². The van der Waals surface area contributed by atoms with Gasteiger partial charge in [-0.1, -0.05) is 6.92 Å². The summed E-state index contributed by atoms with van der Waals surface area (Å²) in [6, 6.07) is 10.4. The number of benzene rings is 1. The average molecular weight is 370 g/mol. The van der Waals surface area contributed by atoms with Crippen molar-refractivity contribution in [2.24, 2.45) is 0 Å². The number of rotatable bonds is 7. The predicted molar refractivity (Wildman–Crippen MR) is 91.7 cm³/mol. The van der Waals surface area contributed by atoms with Crippen LogP contribution in [0.2, 0.25) is 0 Å². The van der Waals surface area contributed by atoms with Crippen molar-refractivity contribution in [2.45, 2.75) is 19.4 Å². The molecule has 2 rings (SSSR count). The van der Waals surface area contributed by atoms with E-state index < -0.39 is 0 Å². The van der Waals surface area contributed by atoms with Crippen LogP contribution in [0.1, 0.15) is 29.8 Å². The fraction of sp³-hybridized carbons (Fsp3) is 0.375. The Morgan fingerprint density at radius 1 is 1.14 bits per heavy atom. The molecule has 2 aromatic rings. The van der Waals surface area contributed by atoms with Crippen molar-refractivity contribution in [1.82, 2.24) is 5.32 Å². The smallest absolute Gasteiger partial charge is 0.122 e. The van der Waals surface area contributed by atoms with Gasteiger partial charge in [0, 0.05) is 10.9 Å². The molecule has 0 amide bonds. The monoisotopic (exact) mass is 369 g/mol. The molecule has 0 bridgehead atoms. The van der Waals surface area contributed by atoms with Crippen LogP contribution in [0, 0.1) is 0 Å². The molecule has 1 heterocycles. The van der Waals surface area contributed by atoms with E-state index in [1.54, 1.807) is 25.6 Å². The van der Waals surface area contributed by atoms with Gasteiger partial charge in [-0.25, -0.2) is 0 Å². The molecule has 0 saturated heterocycles. The number of thiophene rings is 1. The van der Waals surface area contributed by atoms with Gasteiger partial charge < -0.3 is 14.8 Å². The predicted octanol–water partition coefficient (Wildman–Crippen LogP) is 4.62. The summed E-state index contributed by atoms with van der Waals surface area (Å²) in [5.41, 5.74) is 1.15. The van der Waals surface area contributed by atoms with Gasteiger partial charge in [0.05, 0.1) is 24.0 Å². The second-order valence-corrected chi connectivity index (χ2v) is 7.17. The van der Waals surface area contributed by atoms with Crippen LogP contribution < -0.4 is 14.8 Å². The van der Waals surface area contributed by atoms with Gasteiger partial charge in [0.1, 0.15) is 11.5 Å². The third-order valence-corrected chi connectivity index (χ3v) is 4.87. The molecule has 5 heteroatoms. The molecule has 1 atom stereocenters. The first-order chi connectivity index (χ1) is 10.2. The molecule has 21 heavy (non-hydrogen) atoms. The fourth-order valence-corrected chi connectivity index (χ4v) is 3.68. The molecule has 0 aliphatic heterocycles. The lowest BCUT2D eigenvalue weighted by molar-refractivity contribution is 0.392. The van der Waals surface area contributed by atoms with Crippen LogP contribution in [0.4, 0.5) is 0 Å². The van der Waals surface area contributed by atoms with Crippen molar-refractivity contribution in [2.75, 3.05) is 20.8 Å². The Morgan fingerprint density at radius 3 is 2.29 bits per heavy atom.